The monoisotopic (exact) mass is 427 g/mol. The highest BCUT2D eigenvalue weighted by Gasteiger charge is 2.42. The van der Waals surface area contributed by atoms with E-state index in [0.29, 0.717) is 19.5 Å². The van der Waals surface area contributed by atoms with Crippen molar-refractivity contribution < 1.29 is 14.7 Å². The number of nitrogens with zero attached hydrogens (tertiary/aromatic N) is 3. The van der Waals surface area contributed by atoms with Crippen LogP contribution in [0.25, 0.3) is 6.08 Å². The van der Waals surface area contributed by atoms with E-state index in [1.807, 2.05) is 72.3 Å². The standard InChI is InChI=1S/C26H25N3O3/c1-19-8-11-21(12-9-19)24-23(22(30)13-10-20-6-3-2-4-7-20)25(31)26(32)29(24)16-5-15-28-17-14-27-18-28/h2-4,6-14,17-18,24,31H,5,15-16H2,1H3. The SMILES string of the molecule is Cc1ccc(C2C(C(=O)C=Cc3ccccc3)=C(O)C(=O)N2CCCn2ccnc2)cc1. The van der Waals surface area contributed by atoms with Gasteiger partial charge in [0.1, 0.15) is 0 Å². The fourth-order valence-corrected chi connectivity index (χ4v) is 3.90. The number of hydrogen-bond acceptors (Lipinski definition) is 4. The van der Waals surface area contributed by atoms with Gasteiger partial charge in [-0.2, -0.15) is 0 Å². The lowest BCUT2D eigenvalue weighted by Crippen LogP contribution is -2.32. The predicted octanol–water partition coefficient (Wildman–Crippen LogP) is 4.26. The largest absolute Gasteiger partial charge is 0.503 e. The average molecular weight is 428 g/mol. The molecule has 1 unspecified atom stereocenters. The first kappa shape index (κ1) is 21.3. The summed E-state index contributed by atoms with van der Waals surface area (Å²) in [6.45, 7) is 3.07. The summed E-state index contributed by atoms with van der Waals surface area (Å²) in [4.78, 5) is 31.7. The molecular weight excluding hydrogens is 402 g/mol. The minimum Gasteiger partial charge on any atom is -0.503 e. The van der Waals surface area contributed by atoms with Crippen molar-refractivity contribution in [2.45, 2.75) is 25.9 Å². The van der Waals surface area contributed by atoms with Gasteiger partial charge in [0, 0.05) is 25.5 Å². The number of carbonyl (C=O) groups is 2. The van der Waals surface area contributed by atoms with Crippen molar-refractivity contribution in [1.29, 1.82) is 0 Å². The number of allylic oxidation sites excluding steroid dienone is 1. The zero-order chi connectivity index (χ0) is 22.5. The molecule has 4 rings (SSSR count). The van der Waals surface area contributed by atoms with Crippen molar-refractivity contribution in [3.63, 3.8) is 0 Å². The maximum atomic E-state index is 13.1. The van der Waals surface area contributed by atoms with Crippen LogP contribution in [-0.4, -0.2) is 37.8 Å². The van der Waals surface area contributed by atoms with E-state index in [2.05, 4.69) is 4.98 Å². The van der Waals surface area contributed by atoms with Gasteiger partial charge in [-0.15, -0.1) is 0 Å². The second-order valence-corrected chi connectivity index (χ2v) is 7.84. The molecule has 0 bridgehead atoms. The molecule has 6 heteroatoms. The summed E-state index contributed by atoms with van der Waals surface area (Å²) < 4.78 is 1.93. The lowest BCUT2D eigenvalue weighted by molar-refractivity contribution is -0.129. The Bertz CT molecular complexity index is 1150. The van der Waals surface area contributed by atoms with Gasteiger partial charge in [-0.05, 0) is 30.5 Å². The zero-order valence-electron chi connectivity index (χ0n) is 17.9. The highest BCUT2D eigenvalue weighted by Crippen LogP contribution is 2.38. The van der Waals surface area contributed by atoms with Gasteiger partial charge in [0.2, 0.25) is 0 Å². The van der Waals surface area contributed by atoms with Crippen LogP contribution in [0.4, 0.5) is 0 Å². The van der Waals surface area contributed by atoms with E-state index in [1.165, 1.54) is 6.08 Å². The number of imidazole rings is 1. The molecule has 2 aromatic carbocycles. The Kier molecular flexibility index (Phi) is 6.31. The molecule has 162 valence electrons. The molecular formula is C26H25N3O3. The van der Waals surface area contributed by atoms with E-state index >= 15 is 0 Å². The average Bonchev–Trinajstić information content (AvgIpc) is 3.41. The van der Waals surface area contributed by atoms with Crippen molar-refractivity contribution in [3.8, 4) is 0 Å². The Morgan fingerprint density at radius 2 is 1.84 bits per heavy atom. The Labute approximate surface area is 187 Å². The maximum Gasteiger partial charge on any atom is 0.290 e. The zero-order valence-corrected chi connectivity index (χ0v) is 17.9. The maximum absolute atomic E-state index is 13.1. The van der Waals surface area contributed by atoms with Gasteiger partial charge in [-0.3, -0.25) is 9.59 Å². The number of aromatic nitrogens is 2. The van der Waals surface area contributed by atoms with Crippen LogP contribution >= 0.6 is 0 Å². The first-order chi connectivity index (χ1) is 15.5. The number of rotatable bonds is 8. The fraction of sp³-hybridized carbons (Fsp3) is 0.192. The summed E-state index contributed by atoms with van der Waals surface area (Å²) in [6.07, 6.45) is 9.08. The van der Waals surface area contributed by atoms with Crippen LogP contribution in [-0.2, 0) is 16.1 Å². The number of benzene rings is 2. The molecule has 1 aromatic heterocycles. The van der Waals surface area contributed by atoms with E-state index in [9.17, 15) is 14.7 Å². The van der Waals surface area contributed by atoms with Crippen LogP contribution in [0.15, 0.2) is 90.7 Å². The van der Waals surface area contributed by atoms with Gasteiger partial charge in [0.25, 0.3) is 5.91 Å². The molecule has 1 N–H and O–H groups in total. The third-order valence-electron chi connectivity index (χ3n) is 5.56. The van der Waals surface area contributed by atoms with E-state index in [0.717, 1.165) is 16.7 Å². The molecule has 6 nitrogen and oxygen atoms in total. The molecule has 0 spiro atoms. The molecule has 1 atom stereocenters. The van der Waals surface area contributed by atoms with Gasteiger partial charge in [-0.1, -0.05) is 66.2 Å². The summed E-state index contributed by atoms with van der Waals surface area (Å²) in [5.41, 5.74) is 2.87. The molecule has 1 amide bonds. The van der Waals surface area contributed by atoms with Crippen molar-refractivity contribution in [3.05, 3.63) is 107 Å². The second kappa shape index (κ2) is 9.47. The van der Waals surface area contributed by atoms with Crippen molar-refractivity contribution in [1.82, 2.24) is 14.5 Å². The van der Waals surface area contributed by atoms with Crippen molar-refractivity contribution in [2.24, 2.45) is 0 Å². The number of ketones is 1. The Morgan fingerprint density at radius 3 is 2.53 bits per heavy atom. The van der Waals surface area contributed by atoms with Crippen molar-refractivity contribution in [2.75, 3.05) is 6.54 Å². The lowest BCUT2D eigenvalue weighted by Gasteiger charge is -2.26. The normalized spacial score (nSPS) is 16.3. The van der Waals surface area contributed by atoms with Crippen LogP contribution < -0.4 is 0 Å². The van der Waals surface area contributed by atoms with E-state index < -0.39 is 17.7 Å². The van der Waals surface area contributed by atoms with Gasteiger partial charge in [-0.25, -0.2) is 4.98 Å². The summed E-state index contributed by atoms with van der Waals surface area (Å²) in [6, 6.07) is 16.5. The van der Waals surface area contributed by atoms with Crippen molar-refractivity contribution >= 4 is 17.8 Å². The first-order valence-electron chi connectivity index (χ1n) is 10.6. The first-order valence-corrected chi connectivity index (χ1v) is 10.6. The Balaban J connectivity index is 1.61. The van der Waals surface area contributed by atoms with Crippen LogP contribution in [0.1, 0.15) is 29.2 Å². The van der Waals surface area contributed by atoms with Gasteiger partial charge < -0.3 is 14.6 Å². The van der Waals surface area contributed by atoms with Gasteiger partial charge in [0.15, 0.2) is 11.5 Å². The van der Waals surface area contributed by atoms with Crippen LogP contribution in [0.5, 0.6) is 0 Å². The highest BCUT2D eigenvalue weighted by molar-refractivity contribution is 6.14. The van der Waals surface area contributed by atoms with E-state index in [-0.39, 0.29) is 11.4 Å². The molecule has 0 fully saturated rings. The molecule has 0 radical (unpaired) electrons. The van der Waals surface area contributed by atoms with Crippen LogP contribution in [0.2, 0.25) is 0 Å². The summed E-state index contributed by atoms with van der Waals surface area (Å²) in [7, 11) is 0. The number of aliphatic hydroxyl groups excluding tert-OH is 1. The molecule has 3 aromatic rings. The number of hydrogen-bond donors (Lipinski definition) is 1. The predicted molar refractivity (Wildman–Crippen MR) is 123 cm³/mol. The lowest BCUT2D eigenvalue weighted by atomic mass is 9.95. The third-order valence-corrected chi connectivity index (χ3v) is 5.56. The van der Waals surface area contributed by atoms with E-state index in [1.54, 1.807) is 23.5 Å². The molecule has 0 saturated heterocycles. The Morgan fingerprint density at radius 1 is 1.09 bits per heavy atom. The number of aliphatic hydroxyl groups is 1. The molecule has 32 heavy (non-hydrogen) atoms. The topological polar surface area (TPSA) is 75.4 Å². The van der Waals surface area contributed by atoms with E-state index in [4.69, 9.17) is 0 Å². The fourth-order valence-electron chi connectivity index (χ4n) is 3.90. The number of aryl methyl sites for hydroxylation is 2. The highest BCUT2D eigenvalue weighted by atomic mass is 16.3. The van der Waals surface area contributed by atoms with Crippen LogP contribution in [0.3, 0.4) is 0 Å². The number of carbonyl (C=O) groups excluding carboxylic acids is 2. The smallest absolute Gasteiger partial charge is 0.290 e. The third kappa shape index (κ3) is 4.54. The minimum absolute atomic E-state index is 0.119. The minimum atomic E-state index is -0.626. The molecule has 2 heterocycles. The summed E-state index contributed by atoms with van der Waals surface area (Å²) >= 11 is 0. The number of amides is 1. The molecule has 0 aliphatic carbocycles. The summed E-state index contributed by atoms with van der Waals surface area (Å²) in [5.74, 6) is -1.36. The molecule has 1 aliphatic rings. The molecule has 0 saturated carbocycles. The van der Waals surface area contributed by atoms with Gasteiger partial charge >= 0.3 is 0 Å². The second-order valence-electron chi connectivity index (χ2n) is 7.84. The molecule has 1 aliphatic heterocycles. The van der Waals surface area contributed by atoms with Gasteiger partial charge in [0.05, 0.1) is 17.9 Å². The quantitative estimate of drug-likeness (QED) is 0.545. The Hall–Kier alpha value is -3.93. The van der Waals surface area contributed by atoms with Crippen LogP contribution in [0, 0.1) is 6.92 Å². The summed E-state index contributed by atoms with van der Waals surface area (Å²) in [5, 5.41) is 10.7.